The van der Waals surface area contributed by atoms with Crippen LogP contribution in [0, 0.1) is 5.92 Å². The van der Waals surface area contributed by atoms with E-state index < -0.39 is 0 Å². The van der Waals surface area contributed by atoms with Gasteiger partial charge in [0.05, 0.1) is 32.3 Å². The van der Waals surface area contributed by atoms with Gasteiger partial charge in [-0.2, -0.15) is 0 Å². The van der Waals surface area contributed by atoms with Crippen LogP contribution in [0.4, 0.5) is 0 Å². The molecule has 0 radical (unpaired) electrons. The van der Waals surface area contributed by atoms with Gasteiger partial charge in [-0.15, -0.1) is 0 Å². The van der Waals surface area contributed by atoms with Crippen LogP contribution in [0.5, 0.6) is 0 Å². The summed E-state index contributed by atoms with van der Waals surface area (Å²) in [6.45, 7) is 12.4. The van der Waals surface area contributed by atoms with Crippen molar-refractivity contribution < 1.29 is 14.3 Å². The van der Waals surface area contributed by atoms with Crippen LogP contribution in [0.15, 0.2) is 0 Å². The number of carbonyl (C=O) groups excluding carboxylic acids is 1. The quantitative estimate of drug-likeness (QED) is 0.713. The molecule has 2 saturated heterocycles. The molecule has 2 heterocycles. The van der Waals surface area contributed by atoms with Crippen molar-refractivity contribution in [1.82, 2.24) is 15.5 Å². The maximum atomic E-state index is 12.4. The van der Waals surface area contributed by atoms with Crippen molar-refractivity contribution in [1.29, 1.82) is 0 Å². The fraction of sp³-hybridized carbons (Fsp3) is 0.933. The van der Waals surface area contributed by atoms with Crippen LogP contribution in [0.2, 0.25) is 0 Å². The molecule has 6 heteroatoms. The van der Waals surface area contributed by atoms with Crippen LogP contribution in [0.1, 0.15) is 20.8 Å². The predicted octanol–water partition coefficient (Wildman–Crippen LogP) is -0.162. The third-order valence-corrected chi connectivity index (χ3v) is 4.45. The Hall–Kier alpha value is -0.690. The van der Waals surface area contributed by atoms with E-state index in [-0.39, 0.29) is 23.4 Å². The average molecular weight is 299 g/mol. The first-order valence-electron chi connectivity index (χ1n) is 7.96. The molecule has 2 atom stereocenters. The van der Waals surface area contributed by atoms with E-state index in [2.05, 4.69) is 36.3 Å². The number of nitrogens with one attached hydrogen (secondary N) is 2. The molecule has 2 aliphatic rings. The van der Waals surface area contributed by atoms with E-state index in [0.717, 1.165) is 32.8 Å². The molecule has 2 rings (SSSR count). The van der Waals surface area contributed by atoms with Gasteiger partial charge in [0.25, 0.3) is 0 Å². The van der Waals surface area contributed by atoms with Gasteiger partial charge in [0, 0.05) is 31.2 Å². The Morgan fingerprint density at radius 3 is 2.62 bits per heavy atom. The minimum absolute atomic E-state index is 0.0490. The highest BCUT2D eigenvalue weighted by Crippen LogP contribution is 2.17. The van der Waals surface area contributed by atoms with Gasteiger partial charge in [0.15, 0.2) is 0 Å². The molecule has 0 aromatic rings. The van der Waals surface area contributed by atoms with E-state index in [0.29, 0.717) is 19.8 Å². The maximum Gasteiger partial charge on any atom is 0.227 e. The monoisotopic (exact) mass is 299 g/mol. The maximum absolute atomic E-state index is 12.4. The number of amides is 1. The fourth-order valence-corrected chi connectivity index (χ4v) is 2.99. The minimum Gasteiger partial charge on any atom is -0.379 e. The molecule has 0 aromatic heterocycles. The van der Waals surface area contributed by atoms with Crippen LogP contribution in [-0.2, 0) is 14.3 Å². The highest BCUT2D eigenvalue weighted by atomic mass is 16.5. The lowest BCUT2D eigenvalue weighted by molar-refractivity contribution is -0.126. The van der Waals surface area contributed by atoms with Gasteiger partial charge in [0.1, 0.15) is 0 Å². The summed E-state index contributed by atoms with van der Waals surface area (Å²) in [7, 11) is 0. The molecule has 1 amide bonds. The number of carbonyl (C=O) groups is 1. The van der Waals surface area contributed by atoms with Gasteiger partial charge in [-0.25, -0.2) is 0 Å². The highest BCUT2D eigenvalue weighted by Gasteiger charge is 2.35. The molecule has 2 fully saturated rings. The Kier molecular flexibility index (Phi) is 5.98. The van der Waals surface area contributed by atoms with E-state index in [1.165, 1.54) is 0 Å². The summed E-state index contributed by atoms with van der Waals surface area (Å²) in [6.07, 6.45) is 0. The topological polar surface area (TPSA) is 62.8 Å². The summed E-state index contributed by atoms with van der Waals surface area (Å²) in [5, 5.41) is 6.43. The number of rotatable bonds is 6. The Labute approximate surface area is 127 Å². The van der Waals surface area contributed by atoms with Crippen LogP contribution in [0.3, 0.4) is 0 Å². The number of likely N-dealkylation sites (N-methyl/N-ethyl adjacent to an activating group) is 1. The fourth-order valence-electron chi connectivity index (χ4n) is 2.99. The molecule has 0 aliphatic carbocycles. The number of hydrogen-bond acceptors (Lipinski definition) is 5. The van der Waals surface area contributed by atoms with Crippen LogP contribution < -0.4 is 10.6 Å². The van der Waals surface area contributed by atoms with Gasteiger partial charge in [-0.1, -0.05) is 6.92 Å². The van der Waals surface area contributed by atoms with E-state index >= 15 is 0 Å². The second kappa shape index (κ2) is 7.54. The largest absolute Gasteiger partial charge is 0.379 e. The molecule has 0 aromatic carbocycles. The van der Waals surface area contributed by atoms with Crippen molar-refractivity contribution in [2.45, 2.75) is 32.4 Å². The van der Waals surface area contributed by atoms with E-state index in [9.17, 15) is 4.79 Å². The minimum atomic E-state index is -0.0783. The average Bonchev–Trinajstić information content (AvgIpc) is 2.95. The molecule has 2 aliphatic heterocycles. The van der Waals surface area contributed by atoms with Crippen LogP contribution in [0.25, 0.3) is 0 Å². The molecule has 0 saturated carbocycles. The normalized spacial score (nSPS) is 27.8. The first-order valence-corrected chi connectivity index (χ1v) is 7.96. The Morgan fingerprint density at radius 1 is 1.24 bits per heavy atom. The van der Waals surface area contributed by atoms with Crippen molar-refractivity contribution in [3.63, 3.8) is 0 Å². The van der Waals surface area contributed by atoms with E-state index in [4.69, 9.17) is 9.47 Å². The van der Waals surface area contributed by atoms with Gasteiger partial charge in [-0.3, -0.25) is 9.69 Å². The lowest BCUT2D eigenvalue weighted by atomic mass is 9.99. The lowest BCUT2D eigenvalue weighted by Gasteiger charge is -2.41. The van der Waals surface area contributed by atoms with Crippen molar-refractivity contribution >= 4 is 5.91 Å². The predicted molar refractivity (Wildman–Crippen MR) is 81.3 cm³/mol. The van der Waals surface area contributed by atoms with E-state index in [1.807, 2.05) is 0 Å². The summed E-state index contributed by atoms with van der Waals surface area (Å²) in [6, 6.07) is 0.140. The molecule has 2 unspecified atom stereocenters. The third-order valence-electron chi connectivity index (χ3n) is 4.45. The molecule has 2 N–H and O–H groups in total. The summed E-state index contributed by atoms with van der Waals surface area (Å²) >= 11 is 0. The molecule has 122 valence electrons. The second-order valence-corrected chi connectivity index (χ2v) is 6.44. The number of hydrogen-bond donors (Lipinski definition) is 2. The van der Waals surface area contributed by atoms with Crippen molar-refractivity contribution in [2.75, 3.05) is 52.6 Å². The standard InChI is InChI=1S/C15H29N3O3/c1-4-16-13-10-21-9-12(13)14(19)17-11-15(2,3)18-5-7-20-8-6-18/h12-13,16H,4-11H2,1-3H3,(H,17,19). The zero-order chi connectivity index (χ0) is 15.3. The van der Waals surface area contributed by atoms with Crippen molar-refractivity contribution in [3.05, 3.63) is 0 Å². The smallest absolute Gasteiger partial charge is 0.227 e. The number of nitrogens with zero attached hydrogens (tertiary/aromatic N) is 1. The van der Waals surface area contributed by atoms with Crippen molar-refractivity contribution in [2.24, 2.45) is 5.92 Å². The number of morpholine rings is 1. The van der Waals surface area contributed by atoms with Crippen LogP contribution in [-0.4, -0.2) is 75.0 Å². The molecular formula is C15H29N3O3. The third kappa shape index (κ3) is 4.39. The molecule has 21 heavy (non-hydrogen) atoms. The van der Waals surface area contributed by atoms with Gasteiger partial charge in [0.2, 0.25) is 5.91 Å². The molecular weight excluding hydrogens is 270 g/mol. The SMILES string of the molecule is CCNC1COCC1C(=O)NCC(C)(C)N1CCOCC1. The van der Waals surface area contributed by atoms with Crippen LogP contribution >= 0.6 is 0 Å². The van der Waals surface area contributed by atoms with Gasteiger partial charge < -0.3 is 20.1 Å². The Morgan fingerprint density at radius 2 is 1.95 bits per heavy atom. The van der Waals surface area contributed by atoms with Gasteiger partial charge >= 0.3 is 0 Å². The summed E-state index contributed by atoms with van der Waals surface area (Å²) < 4.78 is 10.8. The second-order valence-electron chi connectivity index (χ2n) is 6.44. The van der Waals surface area contributed by atoms with Crippen molar-refractivity contribution in [3.8, 4) is 0 Å². The van der Waals surface area contributed by atoms with Gasteiger partial charge in [-0.05, 0) is 20.4 Å². The zero-order valence-corrected chi connectivity index (χ0v) is 13.5. The molecule has 0 spiro atoms. The first kappa shape index (κ1) is 16.7. The highest BCUT2D eigenvalue weighted by molar-refractivity contribution is 5.80. The molecule has 0 bridgehead atoms. The van der Waals surface area contributed by atoms with E-state index in [1.54, 1.807) is 0 Å². The summed E-state index contributed by atoms with van der Waals surface area (Å²) in [4.78, 5) is 14.8. The Bertz CT molecular complexity index is 343. The summed E-state index contributed by atoms with van der Waals surface area (Å²) in [5.41, 5.74) is -0.0490. The first-order chi connectivity index (χ1) is 10.0. The Balaban J connectivity index is 1.82. The lowest BCUT2D eigenvalue weighted by Crippen LogP contribution is -2.56. The summed E-state index contributed by atoms with van der Waals surface area (Å²) in [5.74, 6) is 0.0187. The molecule has 6 nitrogen and oxygen atoms in total. The number of ether oxygens (including phenoxy) is 2. The zero-order valence-electron chi connectivity index (χ0n) is 13.5.